The first-order valence-electron chi connectivity index (χ1n) is 6.02. The largest absolute Gasteiger partial charge is 0.398 e. The van der Waals surface area contributed by atoms with E-state index in [4.69, 9.17) is 5.73 Å². The summed E-state index contributed by atoms with van der Waals surface area (Å²) in [5, 5.41) is 2.85. The molecule has 0 aliphatic rings. The Kier molecular flexibility index (Phi) is 6.15. The number of amides is 1. The fourth-order valence-corrected chi connectivity index (χ4v) is 2.00. The SMILES string of the molecule is CCCNC(=O)CN(C)Cc1ccc(Br)cc1N. The lowest BCUT2D eigenvalue weighted by atomic mass is 10.2. The quantitative estimate of drug-likeness (QED) is 0.790. The molecular formula is C13H20BrN3O. The van der Waals surface area contributed by atoms with Crippen molar-refractivity contribution in [3.63, 3.8) is 0 Å². The van der Waals surface area contributed by atoms with Crippen LogP contribution in [0.15, 0.2) is 22.7 Å². The molecule has 0 spiro atoms. The molecule has 0 bridgehead atoms. The van der Waals surface area contributed by atoms with Gasteiger partial charge in [-0.15, -0.1) is 0 Å². The van der Waals surface area contributed by atoms with Crippen molar-refractivity contribution < 1.29 is 4.79 Å². The molecule has 0 saturated heterocycles. The van der Waals surface area contributed by atoms with Crippen molar-refractivity contribution in [3.05, 3.63) is 28.2 Å². The molecule has 5 heteroatoms. The number of carbonyl (C=O) groups excluding carboxylic acids is 1. The van der Waals surface area contributed by atoms with E-state index in [1.165, 1.54) is 0 Å². The first-order valence-corrected chi connectivity index (χ1v) is 6.81. The standard InChI is InChI=1S/C13H20BrN3O/c1-3-6-16-13(18)9-17(2)8-10-4-5-11(14)7-12(10)15/h4-5,7H,3,6,8-9,15H2,1-2H3,(H,16,18). The van der Waals surface area contributed by atoms with E-state index in [-0.39, 0.29) is 5.91 Å². The summed E-state index contributed by atoms with van der Waals surface area (Å²) in [6, 6.07) is 5.80. The molecule has 0 radical (unpaired) electrons. The molecule has 1 rings (SSSR count). The maximum Gasteiger partial charge on any atom is 0.234 e. The highest BCUT2D eigenvalue weighted by atomic mass is 79.9. The van der Waals surface area contributed by atoms with Crippen LogP contribution < -0.4 is 11.1 Å². The van der Waals surface area contributed by atoms with Gasteiger partial charge in [0.1, 0.15) is 0 Å². The lowest BCUT2D eigenvalue weighted by Crippen LogP contribution is -2.35. The van der Waals surface area contributed by atoms with E-state index < -0.39 is 0 Å². The van der Waals surface area contributed by atoms with Crippen molar-refractivity contribution in [1.82, 2.24) is 10.2 Å². The monoisotopic (exact) mass is 313 g/mol. The second-order valence-electron chi connectivity index (χ2n) is 4.37. The number of nitrogens with one attached hydrogen (secondary N) is 1. The molecule has 18 heavy (non-hydrogen) atoms. The van der Waals surface area contributed by atoms with Crippen LogP contribution in [-0.4, -0.2) is 30.9 Å². The van der Waals surface area contributed by atoms with Crippen molar-refractivity contribution in [3.8, 4) is 0 Å². The Hall–Kier alpha value is -1.07. The summed E-state index contributed by atoms with van der Waals surface area (Å²) in [7, 11) is 1.91. The van der Waals surface area contributed by atoms with E-state index in [2.05, 4.69) is 21.2 Å². The van der Waals surface area contributed by atoms with Crippen molar-refractivity contribution in [2.75, 3.05) is 25.9 Å². The van der Waals surface area contributed by atoms with Gasteiger partial charge in [0.05, 0.1) is 6.54 Å². The Morgan fingerprint density at radius 3 is 2.83 bits per heavy atom. The number of benzene rings is 1. The third-order valence-corrected chi connectivity index (χ3v) is 3.03. The number of hydrogen-bond acceptors (Lipinski definition) is 3. The van der Waals surface area contributed by atoms with Crippen molar-refractivity contribution in [1.29, 1.82) is 0 Å². The Bertz CT molecular complexity index is 409. The van der Waals surface area contributed by atoms with Crippen molar-refractivity contribution in [2.24, 2.45) is 0 Å². The van der Waals surface area contributed by atoms with Gasteiger partial charge in [-0.1, -0.05) is 28.9 Å². The van der Waals surface area contributed by atoms with Gasteiger partial charge in [0.2, 0.25) is 5.91 Å². The fraction of sp³-hybridized carbons (Fsp3) is 0.462. The van der Waals surface area contributed by atoms with Crippen LogP contribution in [0.2, 0.25) is 0 Å². The van der Waals surface area contributed by atoms with Crippen LogP contribution in [0.1, 0.15) is 18.9 Å². The van der Waals surface area contributed by atoms with Crippen LogP contribution in [-0.2, 0) is 11.3 Å². The van der Waals surface area contributed by atoms with E-state index in [0.29, 0.717) is 13.1 Å². The molecule has 0 saturated carbocycles. The molecule has 0 aromatic heterocycles. The highest BCUT2D eigenvalue weighted by Gasteiger charge is 2.08. The number of nitrogens with two attached hydrogens (primary N) is 1. The van der Waals surface area contributed by atoms with Crippen LogP contribution in [0.5, 0.6) is 0 Å². The van der Waals surface area contributed by atoms with Gasteiger partial charge < -0.3 is 11.1 Å². The van der Waals surface area contributed by atoms with E-state index in [1.54, 1.807) is 0 Å². The third kappa shape index (κ3) is 5.06. The van der Waals surface area contributed by atoms with Gasteiger partial charge in [-0.3, -0.25) is 9.69 Å². The summed E-state index contributed by atoms with van der Waals surface area (Å²) < 4.78 is 0.965. The van der Waals surface area contributed by atoms with E-state index in [9.17, 15) is 4.79 Å². The molecule has 0 heterocycles. The van der Waals surface area contributed by atoms with E-state index in [1.807, 2.05) is 37.1 Å². The summed E-state index contributed by atoms with van der Waals surface area (Å²) in [5.41, 5.74) is 7.70. The Morgan fingerprint density at radius 1 is 1.50 bits per heavy atom. The van der Waals surface area contributed by atoms with Gasteiger partial charge in [0.15, 0.2) is 0 Å². The van der Waals surface area contributed by atoms with Gasteiger partial charge in [0, 0.05) is 23.2 Å². The van der Waals surface area contributed by atoms with Gasteiger partial charge in [0.25, 0.3) is 0 Å². The minimum Gasteiger partial charge on any atom is -0.398 e. The average Bonchev–Trinajstić information content (AvgIpc) is 2.30. The summed E-state index contributed by atoms with van der Waals surface area (Å²) >= 11 is 3.37. The molecule has 4 nitrogen and oxygen atoms in total. The van der Waals surface area contributed by atoms with Crippen molar-refractivity contribution >= 4 is 27.5 Å². The summed E-state index contributed by atoms with van der Waals surface area (Å²) in [6.45, 7) is 3.81. The van der Waals surface area contributed by atoms with Gasteiger partial charge in [-0.25, -0.2) is 0 Å². The normalized spacial score (nSPS) is 10.7. The lowest BCUT2D eigenvalue weighted by molar-refractivity contribution is -0.122. The predicted octanol–water partition coefficient (Wildman–Crippen LogP) is 1.99. The molecule has 0 atom stereocenters. The van der Waals surface area contributed by atoms with Crippen LogP contribution >= 0.6 is 15.9 Å². The predicted molar refractivity (Wildman–Crippen MR) is 78.2 cm³/mol. The maximum atomic E-state index is 11.6. The smallest absolute Gasteiger partial charge is 0.234 e. The fourth-order valence-electron chi connectivity index (χ4n) is 1.62. The summed E-state index contributed by atoms with van der Waals surface area (Å²) in [5.74, 6) is 0.0510. The molecule has 1 amide bonds. The zero-order valence-corrected chi connectivity index (χ0v) is 12.5. The minimum absolute atomic E-state index is 0.0510. The van der Waals surface area contributed by atoms with E-state index in [0.717, 1.165) is 28.7 Å². The Morgan fingerprint density at radius 2 is 2.22 bits per heavy atom. The number of nitrogens with zero attached hydrogens (tertiary/aromatic N) is 1. The highest BCUT2D eigenvalue weighted by Crippen LogP contribution is 2.19. The van der Waals surface area contributed by atoms with Gasteiger partial charge in [-0.2, -0.15) is 0 Å². The molecule has 1 aromatic carbocycles. The topological polar surface area (TPSA) is 58.4 Å². The first-order chi connectivity index (χ1) is 8.52. The molecule has 100 valence electrons. The molecule has 1 aromatic rings. The van der Waals surface area contributed by atoms with Crippen molar-refractivity contribution in [2.45, 2.75) is 19.9 Å². The molecular weight excluding hydrogens is 294 g/mol. The number of carbonyl (C=O) groups is 1. The molecule has 0 aliphatic heterocycles. The van der Waals surface area contributed by atoms with Gasteiger partial charge in [-0.05, 0) is 31.2 Å². The number of rotatable bonds is 6. The second-order valence-corrected chi connectivity index (χ2v) is 5.28. The molecule has 0 unspecified atom stereocenters. The highest BCUT2D eigenvalue weighted by molar-refractivity contribution is 9.10. The Labute approximate surface area is 117 Å². The van der Waals surface area contributed by atoms with Gasteiger partial charge >= 0.3 is 0 Å². The molecule has 0 aliphatic carbocycles. The molecule has 0 fully saturated rings. The number of likely N-dealkylation sites (N-methyl/N-ethyl adjacent to an activating group) is 1. The third-order valence-electron chi connectivity index (χ3n) is 2.53. The minimum atomic E-state index is 0.0510. The number of anilines is 1. The summed E-state index contributed by atoms with van der Waals surface area (Å²) in [6.07, 6.45) is 0.953. The Balaban J connectivity index is 2.48. The number of hydrogen-bond donors (Lipinski definition) is 2. The zero-order valence-electron chi connectivity index (χ0n) is 10.9. The number of halogens is 1. The average molecular weight is 314 g/mol. The van der Waals surface area contributed by atoms with Crippen LogP contribution in [0.3, 0.4) is 0 Å². The van der Waals surface area contributed by atoms with E-state index >= 15 is 0 Å². The molecule has 3 N–H and O–H groups in total. The first kappa shape index (κ1) is 15.0. The number of nitrogen functional groups attached to an aromatic ring is 1. The zero-order chi connectivity index (χ0) is 13.5. The lowest BCUT2D eigenvalue weighted by Gasteiger charge is -2.17. The second kappa shape index (κ2) is 7.38. The van der Waals surface area contributed by atoms with Crippen LogP contribution in [0.4, 0.5) is 5.69 Å². The van der Waals surface area contributed by atoms with Crippen LogP contribution in [0.25, 0.3) is 0 Å². The summed E-state index contributed by atoms with van der Waals surface area (Å²) in [4.78, 5) is 13.5. The maximum absolute atomic E-state index is 11.6. The van der Waals surface area contributed by atoms with Crippen LogP contribution in [0, 0.1) is 0 Å².